The lowest BCUT2D eigenvalue weighted by molar-refractivity contribution is -0.0221. The molecule has 2 saturated heterocycles. The summed E-state index contributed by atoms with van der Waals surface area (Å²) < 4.78 is 56.7. The van der Waals surface area contributed by atoms with Gasteiger partial charge in [-0.05, 0) is 62.3 Å². The molecule has 0 atom stereocenters. The minimum atomic E-state index is -3.96. The molecule has 2 aromatic heterocycles. The van der Waals surface area contributed by atoms with Gasteiger partial charge in [-0.2, -0.15) is 0 Å². The van der Waals surface area contributed by atoms with Gasteiger partial charge in [-0.3, -0.25) is 9.52 Å². The Morgan fingerprint density at radius 1 is 1.00 bits per heavy atom. The molecule has 1 saturated carbocycles. The largest absolute Gasteiger partial charge is 0.395 e. The van der Waals surface area contributed by atoms with E-state index in [1.165, 1.54) is 25.0 Å². The van der Waals surface area contributed by atoms with Crippen molar-refractivity contribution in [3.05, 3.63) is 41.6 Å². The molecule has 0 bridgehead atoms. The molecule has 10 nitrogen and oxygen atoms in total. The molecule has 6 rings (SSSR count). The Labute approximate surface area is 249 Å². The average molecular weight is 615 g/mol. The highest BCUT2D eigenvalue weighted by atomic mass is 32.2. The van der Waals surface area contributed by atoms with Gasteiger partial charge in [0.15, 0.2) is 5.82 Å². The lowest BCUT2D eigenvalue weighted by Crippen LogP contribution is -2.40. The average Bonchev–Trinajstić information content (AvgIpc) is 3.71. The van der Waals surface area contributed by atoms with Crippen LogP contribution in [0.5, 0.6) is 0 Å². The van der Waals surface area contributed by atoms with Gasteiger partial charge in [0, 0.05) is 55.7 Å². The number of aliphatic hydroxyl groups excluding tert-OH is 1. The highest BCUT2D eigenvalue weighted by Gasteiger charge is 2.45. The zero-order valence-electron chi connectivity index (χ0n) is 24.1. The molecule has 0 unspecified atom stereocenters. The Kier molecular flexibility index (Phi) is 7.44. The Hall–Kier alpha value is -3.58. The van der Waals surface area contributed by atoms with Crippen LogP contribution in [-0.2, 0) is 10.0 Å². The number of alkyl halides is 2. The van der Waals surface area contributed by atoms with E-state index >= 15 is 0 Å². The number of nitrogens with one attached hydrogen (secondary N) is 1. The number of hydrogen-bond donors (Lipinski definition) is 3. The number of nitrogens with zero attached hydrogens (tertiary/aromatic N) is 4. The van der Waals surface area contributed by atoms with Crippen molar-refractivity contribution in [1.82, 2.24) is 9.97 Å². The Morgan fingerprint density at radius 3 is 2.30 bits per heavy atom. The quantitative estimate of drug-likeness (QED) is 0.345. The van der Waals surface area contributed by atoms with Crippen molar-refractivity contribution >= 4 is 44.0 Å². The molecule has 4 N–H and O–H groups in total. The van der Waals surface area contributed by atoms with Crippen LogP contribution in [0.1, 0.15) is 54.6 Å². The van der Waals surface area contributed by atoms with E-state index in [0.29, 0.717) is 52.2 Å². The first kappa shape index (κ1) is 29.5. The zero-order valence-corrected chi connectivity index (χ0v) is 24.9. The second kappa shape index (κ2) is 10.8. The number of primary amides is 1. The summed E-state index contributed by atoms with van der Waals surface area (Å²) in [5.41, 5.74) is 9.14. The Bertz CT molecular complexity index is 1680. The molecule has 3 fully saturated rings. The van der Waals surface area contributed by atoms with Crippen molar-refractivity contribution < 1.29 is 27.1 Å². The number of halogens is 2. The number of hydrogen-bond acceptors (Lipinski definition) is 8. The van der Waals surface area contributed by atoms with Gasteiger partial charge in [0.05, 0.1) is 35.0 Å². The summed E-state index contributed by atoms with van der Waals surface area (Å²) >= 11 is 0. The predicted molar refractivity (Wildman–Crippen MR) is 162 cm³/mol. The van der Waals surface area contributed by atoms with Crippen LogP contribution in [0.4, 0.5) is 26.0 Å². The summed E-state index contributed by atoms with van der Waals surface area (Å²) in [6, 6.07) is 8.49. The van der Waals surface area contributed by atoms with Crippen LogP contribution in [0.2, 0.25) is 0 Å². The first-order valence-electron chi connectivity index (χ1n) is 14.6. The van der Waals surface area contributed by atoms with Gasteiger partial charge in [0.1, 0.15) is 5.52 Å². The molecule has 1 spiro atoms. The number of benzene rings is 1. The van der Waals surface area contributed by atoms with Gasteiger partial charge in [-0.25, -0.2) is 27.2 Å². The smallest absolute Gasteiger partial charge is 0.251 e. The number of fused-ring (bicyclic) bond motifs is 1. The standard InChI is InChI=1S/C30H36F2N6O4S/c1-19-2-3-20-18-23(35-28(25(20)34-19)38-14-10-30(31,32)11-15-38)24-22(36-43(41,42)17-16-39)5-4-21(27(33)40)26(24)37-12-8-29(6-7-29)9-13-37/h2-5,18,36,39H,6-17H2,1H3,(H2,33,40). The number of sulfonamides is 1. The van der Waals surface area contributed by atoms with Crippen molar-refractivity contribution in [2.24, 2.45) is 11.1 Å². The molecule has 0 radical (unpaired) electrons. The van der Waals surface area contributed by atoms with E-state index in [1.807, 2.05) is 19.1 Å². The molecule has 3 aliphatic rings. The second-order valence-corrected chi connectivity index (χ2v) is 13.9. The number of anilines is 3. The van der Waals surface area contributed by atoms with Crippen LogP contribution in [0.15, 0.2) is 30.3 Å². The Balaban J connectivity index is 1.58. The SMILES string of the molecule is Cc1ccc2cc(-c3c(NS(=O)(=O)CCO)ccc(C(N)=O)c3N3CCC4(CC3)CC4)nc(N3CCC(F)(F)CC3)c2n1. The van der Waals surface area contributed by atoms with E-state index < -0.39 is 34.2 Å². The van der Waals surface area contributed by atoms with Gasteiger partial charge in [0.2, 0.25) is 10.0 Å². The fourth-order valence-corrected chi connectivity index (χ4v) is 7.13. The van der Waals surface area contributed by atoms with E-state index in [-0.39, 0.29) is 37.2 Å². The van der Waals surface area contributed by atoms with E-state index in [1.54, 1.807) is 11.0 Å². The molecule has 43 heavy (non-hydrogen) atoms. The number of aryl methyl sites for hydroxylation is 1. The number of aliphatic hydroxyl groups is 1. The number of amides is 1. The molecule has 2 aliphatic heterocycles. The maximum absolute atomic E-state index is 14.1. The molecule has 230 valence electrons. The van der Waals surface area contributed by atoms with E-state index in [9.17, 15) is 27.1 Å². The molecule has 1 amide bonds. The van der Waals surface area contributed by atoms with Gasteiger partial charge in [0.25, 0.3) is 11.8 Å². The number of aromatic nitrogens is 2. The number of carbonyl (C=O) groups excluding carboxylic acids is 1. The van der Waals surface area contributed by atoms with E-state index in [4.69, 9.17) is 15.7 Å². The van der Waals surface area contributed by atoms with Crippen molar-refractivity contribution in [3.63, 3.8) is 0 Å². The minimum Gasteiger partial charge on any atom is -0.395 e. The van der Waals surface area contributed by atoms with Crippen molar-refractivity contribution in [3.8, 4) is 11.3 Å². The van der Waals surface area contributed by atoms with Gasteiger partial charge < -0.3 is 20.6 Å². The minimum absolute atomic E-state index is 0.0759. The topological polar surface area (TPSA) is 142 Å². The molecule has 13 heteroatoms. The normalized spacial score (nSPS) is 19.5. The third kappa shape index (κ3) is 5.97. The number of pyridine rings is 2. The molecular formula is C30H36F2N6O4S. The summed E-state index contributed by atoms with van der Waals surface area (Å²) in [6.07, 6.45) is 3.58. The fourth-order valence-electron chi connectivity index (χ4n) is 6.29. The van der Waals surface area contributed by atoms with Gasteiger partial charge in [-0.15, -0.1) is 0 Å². The third-order valence-electron chi connectivity index (χ3n) is 9.01. The lowest BCUT2D eigenvalue weighted by Gasteiger charge is -2.37. The molecular weight excluding hydrogens is 578 g/mol. The number of piperidine rings is 2. The van der Waals surface area contributed by atoms with Crippen LogP contribution in [0.25, 0.3) is 22.2 Å². The van der Waals surface area contributed by atoms with Crippen molar-refractivity contribution in [2.75, 3.05) is 53.1 Å². The van der Waals surface area contributed by atoms with Crippen LogP contribution in [0, 0.1) is 12.3 Å². The predicted octanol–water partition coefficient (Wildman–Crippen LogP) is 4.05. The molecule has 4 heterocycles. The van der Waals surface area contributed by atoms with Crippen LogP contribution in [-0.4, -0.2) is 73.9 Å². The Morgan fingerprint density at radius 2 is 1.67 bits per heavy atom. The maximum atomic E-state index is 14.1. The van der Waals surface area contributed by atoms with E-state index in [0.717, 1.165) is 18.5 Å². The van der Waals surface area contributed by atoms with Crippen molar-refractivity contribution in [2.45, 2.75) is 51.4 Å². The number of rotatable bonds is 8. The van der Waals surface area contributed by atoms with E-state index in [2.05, 4.69) is 9.62 Å². The summed E-state index contributed by atoms with van der Waals surface area (Å²) in [5.74, 6) is -3.53. The zero-order chi connectivity index (χ0) is 30.6. The fraction of sp³-hybridized carbons (Fsp3) is 0.500. The van der Waals surface area contributed by atoms with Crippen LogP contribution >= 0.6 is 0 Å². The highest BCUT2D eigenvalue weighted by Crippen LogP contribution is 2.55. The van der Waals surface area contributed by atoms with Gasteiger partial charge >= 0.3 is 0 Å². The summed E-state index contributed by atoms with van der Waals surface area (Å²) in [7, 11) is -3.96. The third-order valence-corrected chi connectivity index (χ3v) is 10.3. The lowest BCUT2D eigenvalue weighted by atomic mass is 9.91. The molecule has 1 aliphatic carbocycles. The first-order valence-corrected chi connectivity index (χ1v) is 16.3. The van der Waals surface area contributed by atoms with Gasteiger partial charge in [-0.1, -0.05) is 6.07 Å². The monoisotopic (exact) mass is 614 g/mol. The first-order chi connectivity index (χ1) is 20.4. The second-order valence-electron chi connectivity index (χ2n) is 12.1. The summed E-state index contributed by atoms with van der Waals surface area (Å²) in [5, 5.41) is 10.1. The summed E-state index contributed by atoms with van der Waals surface area (Å²) in [6.45, 7) is 2.73. The number of carbonyl (C=O) groups is 1. The van der Waals surface area contributed by atoms with Crippen LogP contribution in [0.3, 0.4) is 0 Å². The molecule has 1 aromatic carbocycles. The maximum Gasteiger partial charge on any atom is 0.251 e. The van der Waals surface area contributed by atoms with Crippen LogP contribution < -0.4 is 20.3 Å². The number of nitrogens with two attached hydrogens (primary N) is 1. The summed E-state index contributed by atoms with van der Waals surface area (Å²) in [4.78, 5) is 26.4. The van der Waals surface area contributed by atoms with Crippen molar-refractivity contribution in [1.29, 1.82) is 0 Å². The highest BCUT2D eigenvalue weighted by molar-refractivity contribution is 7.92. The molecule has 3 aromatic rings.